The number of nitrogens with one attached hydrogen (secondary N) is 1. The molecule has 0 bridgehead atoms. The lowest BCUT2D eigenvalue weighted by Gasteiger charge is -2.34. The molecule has 1 aliphatic rings. The Balaban J connectivity index is 0.00000162. The number of hydrogen-bond donors (Lipinski definition) is 1. The molecule has 1 N–H and O–H groups in total. The topological polar surface area (TPSA) is 28.4 Å². The van der Waals surface area contributed by atoms with Crippen LogP contribution in [0.15, 0.2) is 33.4 Å². The molecule has 0 saturated carbocycles. The fourth-order valence-corrected chi connectivity index (χ4v) is 2.56. The van der Waals surface area contributed by atoms with Gasteiger partial charge in [0.25, 0.3) is 0 Å². The maximum absolute atomic E-state index is 5.71. The van der Waals surface area contributed by atoms with Crippen molar-refractivity contribution in [1.82, 2.24) is 10.2 Å². The second kappa shape index (κ2) is 9.03. The first-order valence-electron chi connectivity index (χ1n) is 6.01. The first-order valence-corrected chi connectivity index (χ1v) is 6.80. The normalized spacial score (nSPS) is 17.2. The van der Waals surface area contributed by atoms with Crippen molar-refractivity contribution in [2.45, 2.75) is 19.4 Å². The largest absolute Gasteiger partial charge is 0.453 e. The third-order valence-electron chi connectivity index (χ3n) is 3.06. The molecular weight excluding hydrogens is 351 g/mol. The summed E-state index contributed by atoms with van der Waals surface area (Å²) in [7, 11) is 0. The highest BCUT2D eigenvalue weighted by molar-refractivity contribution is 9.10. The molecule has 0 spiro atoms. The van der Waals surface area contributed by atoms with E-state index in [4.69, 9.17) is 4.42 Å². The van der Waals surface area contributed by atoms with Crippen molar-refractivity contribution >= 4 is 40.7 Å². The minimum Gasteiger partial charge on any atom is -0.453 e. The summed E-state index contributed by atoms with van der Waals surface area (Å²) in [6, 6.07) is 4.34. The Labute approximate surface area is 135 Å². The minimum atomic E-state index is 0. The number of halogens is 3. The van der Waals surface area contributed by atoms with Gasteiger partial charge in [-0.05, 0) is 41.4 Å². The summed E-state index contributed by atoms with van der Waals surface area (Å²) in [6.45, 7) is 10.3. The van der Waals surface area contributed by atoms with Gasteiger partial charge >= 0.3 is 0 Å². The van der Waals surface area contributed by atoms with Gasteiger partial charge in [-0.2, -0.15) is 0 Å². The second-order valence-corrected chi connectivity index (χ2v) is 5.39. The molecule has 0 amide bonds. The van der Waals surface area contributed by atoms with Gasteiger partial charge in [-0.25, -0.2) is 0 Å². The zero-order chi connectivity index (χ0) is 12.3. The average molecular weight is 372 g/mol. The molecule has 1 atom stereocenters. The quantitative estimate of drug-likeness (QED) is 0.816. The molecule has 1 aromatic rings. The van der Waals surface area contributed by atoms with Crippen LogP contribution >= 0.6 is 40.7 Å². The van der Waals surface area contributed by atoms with Crippen LogP contribution in [0, 0.1) is 0 Å². The summed E-state index contributed by atoms with van der Waals surface area (Å²) in [6.07, 6.45) is 0.958. The summed E-state index contributed by atoms with van der Waals surface area (Å²) >= 11 is 3.37. The molecular formula is C13H21BrCl2N2O. The van der Waals surface area contributed by atoms with Crippen LogP contribution in [0.1, 0.15) is 25.1 Å². The van der Waals surface area contributed by atoms with Gasteiger partial charge in [0.15, 0.2) is 4.67 Å². The SMILES string of the molecule is C=C(C)C[C@@H](c1ccc(Br)o1)N1CCNCC1.Cl.Cl. The van der Waals surface area contributed by atoms with E-state index in [2.05, 4.69) is 45.7 Å². The van der Waals surface area contributed by atoms with Gasteiger partial charge in [-0.15, -0.1) is 31.4 Å². The van der Waals surface area contributed by atoms with Crippen LogP contribution in [0.4, 0.5) is 0 Å². The van der Waals surface area contributed by atoms with Crippen molar-refractivity contribution in [3.05, 3.63) is 34.7 Å². The summed E-state index contributed by atoms with van der Waals surface area (Å²) in [5, 5.41) is 3.38. The highest BCUT2D eigenvalue weighted by Crippen LogP contribution is 2.30. The van der Waals surface area contributed by atoms with Gasteiger partial charge in [0.05, 0.1) is 6.04 Å². The van der Waals surface area contributed by atoms with E-state index in [1.54, 1.807) is 0 Å². The summed E-state index contributed by atoms with van der Waals surface area (Å²) in [5.74, 6) is 1.03. The van der Waals surface area contributed by atoms with Crippen LogP contribution in [-0.2, 0) is 0 Å². The predicted octanol–water partition coefficient (Wildman–Crippen LogP) is 3.80. The number of nitrogens with zero attached hydrogens (tertiary/aromatic N) is 1. The molecule has 0 radical (unpaired) electrons. The third kappa shape index (κ3) is 5.48. The van der Waals surface area contributed by atoms with Crippen molar-refractivity contribution in [1.29, 1.82) is 0 Å². The molecule has 110 valence electrons. The fourth-order valence-electron chi connectivity index (χ4n) is 2.24. The van der Waals surface area contributed by atoms with Gasteiger partial charge in [0.1, 0.15) is 5.76 Å². The van der Waals surface area contributed by atoms with E-state index < -0.39 is 0 Å². The van der Waals surface area contributed by atoms with Gasteiger partial charge in [0, 0.05) is 26.2 Å². The molecule has 1 fully saturated rings. The molecule has 19 heavy (non-hydrogen) atoms. The Morgan fingerprint density at radius 3 is 2.53 bits per heavy atom. The number of hydrogen-bond acceptors (Lipinski definition) is 3. The molecule has 0 unspecified atom stereocenters. The van der Waals surface area contributed by atoms with Crippen LogP contribution in [0.3, 0.4) is 0 Å². The monoisotopic (exact) mass is 370 g/mol. The standard InChI is InChI=1S/C13H19BrN2O.2ClH/c1-10(2)9-11(12-3-4-13(14)17-12)16-7-5-15-6-8-16;;/h3-4,11,15H,1,5-9H2,2H3;2*1H/t11-;;/m0../s1. The van der Waals surface area contributed by atoms with E-state index in [1.165, 1.54) is 5.57 Å². The van der Waals surface area contributed by atoms with Crippen LogP contribution in [0.5, 0.6) is 0 Å². The van der Waals surface area contributed by atoms with E-state index in [1.807, 2.05) is 6.07 Å². The molecule has 1 saturated heterocycles. The Kier molecular flexibility index (Phi) is 9.03. The van der Waals surface area contributed by atoms with Crippen molar-refractivity contribution in [2.75, 3.05) is 26.2 Å². The van der Waals surface area contributed by atoms with Crippen LogP contribution < -0.4 is 5.32 Å². The number of piperazine rings is 1. The lowest BCUT2D eigenvalue weighted by Crippen LogP contribution is -2.45. The van der Waals surface area contributed by atoms with E-state index in [9.17, 15) is 0 Å². The van der Waals surface area contributed by atoms with Crippen molar-refractivity contribution in [2.24, 2.45) is 0 Å². The van der Waals surface area contributed by atoms with Gasteiger partial charge < -0.3 is 9.73 Å². The van der Waals surface area contributed by atoms with Crippen molar-refractivity contribution in [3.8, 4) is 0 Å². The van der Waals surface area contributed by atoms with E-state index in [-0.39, 0.29) is 24.8 Å². The van der Waals surface area contributed by atoms with E-state index in [0.717, 1.165) is 43.0 Å². The average Bonchev–Trinajstić information content (AvgIpc) is 2.73. The van der Waals surface area contributed by atoms with Gasteiger partial charge in [-0.1, -0.05) is 5.57 Å². The third-order valence-corrected chi connectivity index (χ3v) is 3.48. The van der Waals surface area contributed by atoms with Gasteiger partial charge in [0.2, 0.25) is 0 Å². The molecule has 0 aliphatic carbocycles. The molecule has 1 aromatic heterocycles. The minimum absolute atomic E-state index is 0. The zero-order valence-corrected chi connectivity index (χ0v) is 14.2. The molecule has 1 aliphatic heterocycles. The second-order valence-electron chi connectivity index (χ2n) is 4.60. The molecule has 6 heteroatoms. The van der Waals surface area contributed by atoms with Crippen LogP contribution in [0.2, 0.25) is 0 Å². The highest BCUT2D eigenvalue weighted by Gasteiger charge is 2.24. The molecule has 3 nitrogen and oxygen atoms in total. The lowest BCUT2D eigenvalue weighted by atomic mass is 10.0. The first-order chi connectivity index (χ1) is 8.16. The lowest BCUT2D eigenvalue weighted by molar-refractivity contribution is 0.152. The smallest absolute Gasteiger partial charge is 0.169 e. The Morgan fingerprint density at radius 2 is 2.05 bits per heavy atom. The van der Waals surface area contributed by atoms with E-state index >= 15 is 0 Å². The fraction of sp³-hybridized carbons (Fsp3) is 0.538. The predicted molar refractivity (Wildman–Crippen MR) is 87.5 cm³/mol. The Morgan fingerprint density at radius 1 is 1.42 bits per heavy atom. The zero-order valence-electron chi connectivity index (χ0n) is 11.0. The maximum atomic E-state index is 5.71. The summed E-state index contributed by atoms with van der Waals surface area (Å²) < 4.78 is 6.51. The number of furan rings is 1. The van der Waals surface area contributed by atoms with E-state index in [0.29, 0.717) is 6.04 Å². The Bertz CT molecular complexity index is 392. The Hall–Kier alpha value is -0.000000000000000111. The molecule has 0 aromatic carbocycles. The summed E-state index contributed by atoms with van der Waals surface area (Å²) in [5.41, 5.74) is 1.20. The number of rotatable bonds is 4. The van der Waals surface area contributed by atoms with Crippen LogP contribution in [-0.4, -0.2) is 31.1 Å². The maximum Gasteiger partial charge on any atom is 0.169 e. The van der Waals surface area contributed by atoms with Crippen molar-refractivity contribution in [3.63, 3.8) is 0 Å². The van der Waals surface area contributed by atoms with Crippen molar-refractivity contribution < 1.29 is 4.42 Å². The molecule has 2 heterocycles. The van der Waals surface area contributed by atoms with Gasteiger partial charge in [-0.3, -0.25) is 4.90 Å². The first kappa shape index (κ1) is 19.0. The molecule has 2 rings (SSSR count). The van der Waals surface area contributed by atoms with Crippen LogP contribution in [0.25, 0.3) is 0 Å². The highest BCUT2D eigenvalue weighted by atomic mass is 79.9. The summed E-state index contributed by atoms with van der Waals surface area (Å²) in [4.78, 5) is 2.47.